The minimum Gasteiger partial charge on any atom is -0.493 e. The van der Waals surface area contributed by atoms with E-state index in [1.54, 1.807) is 12.1 Å². The third-order valence-corrected chi connectivity index (χ3v) is 2.79. The Morgan fingerprint density at radius 1 is 1.41 bits per heavy atom. The van der Waals surface area contributed by atoms with Crippen molar-refractivity contribution in [3.63, 3.8) is 0 Å². The standard InChI is InChI=1S/C13H16O4/c14-13(15)7-10-1-3-12(4-2-10)17-9-11-5-6-16-8-11/h1-4,11H,5-9H2,(H,14,15). The van der Waals surface area contributed by atoms with E-state index in [9.17, 15) is 4.79 Å². The summed E-state index contributed by atoms with van der Waals surface area (Å²) >= 11 is 0. The Morgan fingerprint density at radius 2 is 2.18 bits per heavy atom. The molecule has 0 radical (unpaired) electrons. The zero-order chi connectivity index (χ0) is 12.1. The summed E-state index contributed by atoms with van der Waals surface area (Å²) in [6, 6.07) is 7.20. The van der Waals surface area contributed by atoms with Crippen molar-refractivity contribution in [1.82, 2.24) is 0 Å². The molecule has 1 N–H and O–H groups in total. The van der Waals surface area contributed by atoms with Gasteiger partial charge in [-0.25, -0.2) is 0 Å². The fraction of sp³-hybridized carbons (Fsp3) is 0.462. The number of carboxylic acids is 1. The summed E-state index contributed by atoms with van der Waals surface area (Å²) in [5, 5.41) is 8.64. The number of hydrogen-bond donors (Lipinski definition) is 1. The van der Waals surface area contributed by atoms with Crippen LogP contribution in [-0.4, -0.2) is 30.9 Å². The molecule has 1 saturated heterocycles. The summed E-state index contributed by atoms with van der Waals surface area (Å²) in [5.41, 5.74) is 0.786. The molecule has 1 unspecified atom stereocenters. The van der Waals surface area contributed by atoms with Crippen LogP contribution >= 0.6 is 0 Å². The number of carbonyl (C=O) groups is 1. The van der Waals surface area contributed by atoms with Gasteiger partial charge in [0.25, 0.3) is 0 Å². The van der Waals surface area contributed by atoms with Crippen molar-refractivity contribution in [2.45, 2.75) is 12.8 Å². The van der Waals surface area contributed by atoms with Gasteiger partial charge in [0, 0.05) is 12.5 Å². The highest BCUT2D eigenvalue weighted by Crippen LogP contribution is 2.17. The zero-order valence-corrected chi connectivity index (χ0v) is 9.59. The molecule has 0 aliphatic carbocycles. The number of ether oxygens (including phenoxy) is 2. The highest BCUT2D eigenvalue weighted by atomic mass is 16.5. The van der Waals surface area contributed by atoms with Crippen molar-refractivity contribution < 1.29 is 19.4 Å². The lowest BCUT2D eigenvalue weighted by Gasteiger charge is -2.10. The summed E-state index contributed by atoms with van der Waals surface area (Å²) in [6.07, 6.45) is 1.11. The van der Waals surface area contributed by atoms with Crippen molar-refractivity contribution in [1.29, 1.82) is 0 Å². The SMILES string of the molecule is O=C(O)Cc1ccc(OCC2CCOC2)cc1. The summed E-state index contributed by atoms with van der Waals surface area (Å²) in [7, 11) is 0. The molecule has 1 atom stereocenters. The highest BCUT2D eigenvalue weighted by Gasteiger charge is 2.16. The molecule has 0 saturated carbocycles. The highest BCUT2D eigenvalue weighted by molar-refractivity contribution is 5.70. The van der Waals surface area contributed by atoms with Gasteiger partial charge in [0.15, 0.2) is 0 Å². The molecule has 1 heterocycles. The van der Waals surface area contributed by atoms with Crippen molar-refractivity contribution in [2.24, 2.45) is 5.92 Å². The Morgan fingerprint density at radius 3 is 2.76 bits per heavy atom. The second-order valence-corrected chi connectivity index (χ2v) is 4.26. The predicted octanol–water partition coefficient (Wildman–Crippen LogP) is 1.73. The Labute approximate surface area is 100 Å². The van der Waals surface area contributed by atoms with E-state index < -0.39 is 5.97 Å². The largest absolute Gasteiger partial charge is 0.493 e. The molecule has 2 rings (SSSR count). The van der Waals surface area contributed by atoms with Gasteiger partial charge in [0.2, 0.25) is 0 Å². The van der Waals surface area contributed by atoms with Gasteiger partial charge in [0.1, 0.15) is 5.75 Å². The first-order chi connectivity index (χ1) is 8.24. The monoisotopic (exact) mass is 236 g/mol. The second-order valence-electron chi connectivity index (χ2n) is 4.26. The van der Waals surface area contributed by atoms with Crippen LogP contribution < -0.4 is 4.74 Å². The predicted molar refractivity (Wildman–Crippen MR) is 62.2 cm³/mol. The first-order valence-electron chi connectivity index (χ1n) is 5.75. The van der Waals surface area contributed by atoms with Crippen LogP contribution in [0, 0.1) is 5.92 Å². The van der Waals surface area contributed by atoms with E-state index in [1.165, 1.54) is 0 Å². The van der Waals surface area contributed by atoms with Crippen LogP contribution in [0.4, 0.5) is 0 Å². The van der Waals surface area contributed by atoms with Crippen LogP contribution in [0.3, 0.4) is 0 Å². The molecule has 1 aromatic carbocycles. The van der Waals surface area contributed by atoms with E-state index in [4.69, 9.17) is 14.6 Å². The lowest BCUT2D eigenvalue weighted by Crippen LogP contribution is -2.11. The molecule has 0 spiro atoms. The van der Waals surface area contributed by atoms with Gasteiger partial charge >= 0.3 is 5.97 Å². The maximum Gasteiger partial charge on any atom is 0.307 e. The van der Waals surface area contributed by atoms with Gasteiger partial charge in [-0.05, 0) is 24.1 Å². The Bertz CT molecular complexity index is 366. The third kappa shape index (κ3) is 3.75. The van der Waals surface area contributed by atoms with Crippen LogP contribution in [0.2, 0.25) is 0 Å². The van der Waals surface area contributed by atoms with Crippen molar-refractivity contribution in [2.75, 3.05) is 19.8 Å². The third-order valence-electron chi connectivity index (χ3n) is 2.79. The van der Waals surface area contributed by atoms with E-state index in [0.717, 1.165) is 30.9 Å². The first kappa shape index (κ1) is 11.9. The maximum absolute atomic E-state index is 10.5. The van der Waals surface area contributed by atoms with Crippen LogP contribution in [0.25, 0.3) is 0 Å². The lowest BCUT2D eigenvalue weighted by molar-refractivity contribution is -0.136. The molecule has 17 heavy (non-hydrogen) atoms. The molecular formula is C13H16O4. The van der Waals surface area contributed by atoms with Gasteiger partial charge in [0.05, 0.1) is 19.6 Å². The first-order valence-corrected chi connectivity index (χ1v) is 5.75. The van der Waals surface area contributed by atoms with Crippen LogP contribution in [0.1, 0.15) is 12.0 Å². The molecule has 1 aromatic rings. The Hall–Kier alpha value is -1.55. The average Bonchev–Trinajstić information content (AvgIpc) is 2.80. The van der Waals surface area contributed by atoms with Gasteiger partial charge in [-0.15, -0.1) is 0 Å². The lowest BCUT2D eigenvalue weighted by atomic mass is 10.1. The quantitative estimate of drug-likeness (QED) is 0.845. The molecule has 0 bridgehead atoms. The molecule has 1 fully saturated rings. The summed E-state index contributed by atoms with van der Waals surface area (Å²) in [6.45, 7) is 2.26. The number of benzene rings is 1. The number of aliphatic carboxylic acids is 1. The van der Waals surface area contributed by atoms with E-state index in [2.05, 4.69) is 0 Å². The van der Waals surface area contributed by atoms with E-state index in [1.807, 2.05) is 12.1 Å². The van der Waals surface area contributed by atoms with Gasteiger partial charge in [-0.3, -0.25) is 4.79 Å². The summed E-state index contributed by atoms with van der Waals surface area (Å²) in [5.74, 6) is 0.446. The van der Waals surface area contributed by atoms with Gasteiger partial charge in [-0.1, -0.05) is 12.1 Å². The molecular weight excluding hydrogens is 220 g/mol. The second kappa shape index (κ2) is 5.68. The molecule has 4 nitrogen and oxygen atoms in total. The van der Waals surface area contributed by atoms with Gasteiger partial charge < -0.3 is 14.6 Å². The summed E-state index contributed by atoms with van der Waals surface area (Å²) < 4.78 is 10.9. The van der Waals surface area contributed by atoms with Crippen molar-refractivity contribution in [3.05, 3.63) is 29.8 Å². The fourth-order valence-electron chi connectivity index (χ4n) is 1.81. The maximum atomic E-state index is 10.5. The topological polar surface area (TPSA) is 55.8 Å². The van der Waals surface area contributed by atoms with Gasteiger partial charge in [-0.2, -0.15) is 0 Å². The van der Waals surface area contributed by atoms with Crippen molar-refractivity contribution in [3.8, 4) is 5.75 Å². The molecule has 4 heteroatoms. The molecule has 92 valence electrons. The number of hydrogen-bond acceptors (Lipinski definition) is 3. The number of rotatable bonds is 5. The van der Waals surface area contributed by atoms with E-state index in [-0.39, 0.29) is 6.42 Å². The van der Waals surface area contributed by atoms with Crippen LogP contribution in [0.15, 0.2) is 24.3 Å². The zero-order valence-electron chi connectivity index (χ0n) is 9.59. The minimum absolute atomic E-state index is 0.0523. The number of carboxylic acid groups (broad SMARTS) is 1. The average molecular weight is 236 g/mol. The summed E-state index contributed by atoms with van der Waals surface area (Å²) in [4.78, 5) is 10.5. The van der Waals surface area contributed by atoms with Crippen molar-refractivity contribution >= 4 is 5.97 Å². The Kier molecular flexibility index (Phi) is 3.98. The molecule has 1 aliphatic heterocycles. The van der Waals surface area contributed by atoms with Crippen LogP contribution in [-0.2, 0) is 16.0 Å². The smallest absolute Gasteiger partial charge is 0.307 e. The minimum atomic E-state index is -0.818. The fourth-order valence-corrected chi connectivity index (χ4v) is 1.81. The molecule has 0 aromatic heterocycles. The molecule has 1 aliphatic rings. The van der Waals surface area contributed by atoms with E-state index in [0.29, 0.717) is 12.5 Å². The molecule has 0 amide bonds. The Balaban J connectivity index is 1.82. The normalized spacial score (nSPS) is 19.2. The van der Waals surface area contributed by atoms with Crippen LogP contribution in [0.5, 0.6) is 5.75 Å². The van der Waals surface area contributed by atoms with E-state index >= 15 is 0 Å².